The molecule has 1 aliphatic heterocycles. The van der Waals surface area contributed by atoms with Gasteiger partial charge in [0.2, 0.25) is 10.0 Å². The molecule has 0 saturated carbocycles. The minimum absolute atomic E-state index is 0.0299. The van der Waals surface area contributed by atoms with Crippen LogP contribution in [-0.4, -0.2) is 74.1 Å². The lowest BCUT2D eigenvalue weighted by molar-refractivity contribution is -0.00804. The molecule has 1 aromatic heterocycles. The molecule has 1 aromatic rings. The maximum atomic E-state index is 11.4. The van der Waals surface area contributed by atoms with Crippen LogP contribution in [0.3, 0.4) is 0 Å². The molecule has 0 amide bonds. The van der Waals surface area contributed by atoms with Gasteiger partial charge in [-0.25, -0.2) is 13.1 Å². The van der Waals surface area contributed by atoms with Gasteiger partial charge < -0.3 is 15.0 Å². The molecule has 1 unspecified atom stereocenters. The van der Waals surface area contributed by atoms with Gasteiger partial charge in [-0.15, -0.1) is 0 Å². The maximum Gasteiger partial charge on any atom is 0.211 e. The van der Waals surface area contributed by atoms with Crippen LogP contribution in [0.4, 0.5) is 0 Å². The van der Waals surface area contributed by atoms with Crippen LogP contribution in [0, 0.1) is 0 Å². The zero-order chi connectivity index (χ0) is 19.0. The molecule has 1 saturated heterocycles. The predicted octanol–water partition coefficient (Wildman–Crippen LogP) is 0.0883. The Kier molecular flexibility index (Phi) is 7.85. The summed E-state index contributed by atoms with van der Waals surface area (Å²) in [7, 11) is -1.24. The number of sulfonamides is 1. The highest BCUT2D eigenvalue weighted by atomic mass is 32.2. The Bertz CT molecular complexity index is 688. The predicted molar refractivity (Wildman–Crippen MR) is 102 cm³/mol. The third-order valence-electron chi connectivity index (χ3n) is 4.10. The number of guanidine groups is 1. The summed E-state index contributed by atoms with van der Waals surface area (Å²) in [6, 6.07) is 0. The average Bonchev–Trinajstić information content (AvgIpc) is 3.07. The van der Waals surface area contributed by atoms with E-state index in [1.54, 1.807) is 11.6 Å². The molecule has 0 aliphatic carbocycles. The number of hydrogen-bond donors (Lipinski definition) is 2. The third kappa shape index (κ3) is 6.26. The number of nitrogens with one attached hydrogen (secondary N) is 2. The normalized spacial score (nSPS) is 19.0. The number of aromatic nitrogens is 2. The van der Waals surface area contributed by atoms with Crippen molar-refractivity contribution in [2.75, 3.05) is 45.1 Å². The van der Waals surface area contributed by atoms with Crippen LogP contribution in [0.1, 0.15) is 31.9 Å². The van der Waals surface area contributed by atoms with Gasteiger partial charge in [-0.2, -0.15) is 5.10 Å². The molecule has 148 valence electrons. The van der Waals surface area contributed by atoms with Crippen LogP contribution in [0.2, 0.25) is 0 Å². The van der Waals surface area contributed by atoms with Gasteiger partial charge in [0.15, 0.2) is 5.96 Å². The zero-order valence-electron chi connectivity index (χ0n) is 15.8. The van der Waals surface area contributed by atoms with E-state index < -0.39 is 10.0 Å². The van der Waals surface area contributed by atoms with E-state index in [4.69, 9.17) is 4.74 Å². The summed E-state index contributed by atoms with van der Waals surface area (Å²) in [5.74, 6) is 0.936. The zero-order valence-corrected chi connectivity index (χ0v) is 16.6. The summed E-state index contributed by atoms with van der Waals surface area (Å²) >= 11 is 0. The van der Waals surface area contributed by atoms with Crippen LogP contribution >= 0.6 is 0 Å². The number of aliphatic imine (C=N–C) groups is 1. The summed E-state index contributed by atoms with van der Waals surface area (Å²) in [5.41, 5.74) is 1.06. The van der Waals surface area contributed by atoms with Crippen molar-refractivity contribution in [1.29, 1.82) is 0 Å². The summed E-state index contributed by atoms with van der Waals surface area (Å²) in [6.07, 6.45) is 4.43. The lowest BCUT2D eigenvalue weighted by Crippen LogP contribution is -2.48. The molecule has 2 heterocycles. The Balaban J connectivity index is 1.90. The standard InChI is InChI=1S/C16H30N6O3S/c1-4-17-16(18-7-6-8-20-26(23,24)5-2)22-9-10-25-15(13-22)14-11-19-21(3)12-14/h11-12,15,20H,4-10,13H2,1-3H3,(H,17,18). The van der Waals surface area contributed by atoms with E-state index in [1.165, 1.54) is 0 Å². The first-order chi connectivity index (χ1) is 12.4. The summed E-state index contributed by atoms with van der Waals surface area (Å²) < 4.78 is 33.1. The molecular weight excluding hydrogens is 356 g/mol. The molecule has 0 radical (unpaired) electrons. The van der Waals surface area contributed by atoms with Crippen molar-refractivity contribution in [3.8, 4) is 0 Å². The van der Waals surface area contributed by atoms with Gasteiger partial charge in [0.05, 0.1) is 25.1 Å². The van der Waals surface area contributed by atoms with Gasteiger partial charge >= 0.3 is 0 Å². The van der Waals surface area contributed by atoms with E-state index in [9.17, 15) is 8.42 Å². The second-order valence-corrected chi connectivity index (χ2v) is 8.24. The van der Waals surface area contributed by atoms with Crippen LogP contribution in [0.15, 0.2) is 17.4 Å². The molecule has 1 fully saturated rings. The second kappa shape index (κ2) is 9.89. The summed E-state index contributed by atoms with van der Waals surface area (Å²) in [6.45, 7) is 7.50. The monoisotopic (exact) mass is 386 g/mol. The number of nitrogens with zero attached hydrogens (tertiary/aromatic N) is 4. The topological polar surface area (TPSA) is 101 Å². The van der Waals surface area contributed by atoms with Gasteiger partial charge in [0.25, 0.3) is 0 Å². The quantitative estimate of drug-likeness (QED) is 0.373. The molecule has 26 heavy (non-hydrogen) atoms. The van der Waals surface area contributed by atoms with E-state index >= 15 is 0 Å². The van der Waals surface area contributed by atoms with Crippen molar-refractivity contribution in [2.24, 2.45) is 12.0 Å². The highest BCUT2D eigenvalue weighted by molar-refractivity contribution is 7.89. The fourth-order valence-corrected chi connectivity index (χ4v) is 3.33. The number of aryl methyl sites for hydroxylation is 1. The van der Waals surface area contributed by atoms with E-state index in [2.05, 4.69) is 25.0 Å². The number of hydrogen-bond acceptors (Lipinski definition) is 5. The number of rotatable bonds is 8. The second-order valence-electron chi connectivity index (χ2n) is 6.14. The summed E-state index contributed by atoms with van der Waals surface area (Å²) in [4.78, 5) is 6.82. The Morgan fingerprint density at radius 2 is 2.27 bits per heavy atom. The van der Waals surface area contributed by atoms with E-state index in [1.807, 2.05) is 26.4 Å². The van der Waals surface area contributed by atoms with E-state index in [-0.39, 0.29) is 11.9 Å². The Hall–Kier alpha value is -1.65. The van der Waals surface area contributed by atoms with Gasteiger partial charge in [-0.1, -0.05) is 0 Å². The third-order valence-corrected chi connectivity index (χ3v) is 5.50. The van der Waals surface area contributed by atoms with Crippen molar-refractivity contribution < 1.29 is 13.2 Å². The fraction of sp³-hybridized carbons (Fsp3) is 0.750. The lowest BCUT2D eigenvalue weighted by atomic mass is 10.1. The van der Waals surface area contributed by atoms with E-state index in [0.29, 0.717) is 32.7 Å². The van der Waals surface area contributed by atoms with Gasteiger partial charge in [-0.05, 0) is 20.3 Å². The van der Waals surface area contributed by atoms with Crippen molar-refractivity contribution in [3.05, 3.63) is 18.0 Å². The SMILES string of the molecule is CCNC(=NCCCNS(=O)(=O)CC)N1CCOC(c2cnn(C)c2)C1. The number of ether oxygens (including phenoxy) is 1. The number of morpholine rings is 1. The van der Waals surface area contributed by atoms with E-state index in [0.717, 1.165) is 24.6 Å². The van der Waals surface area contributed by atoms with Gasteiger partial charge in [0.1, 0.15) is 6.10 Å². The molecule has 1 aliphatic rings. The minimum Gasteiger partial charge on any atom is -0.370 e. The molecule has 9 nitrogen and oxygen atoms in total. The largest absolute Gasteiger partial charge is 0.370 e. The maximum absolute atomic E-state index is 11.4. The molecule has 2 rings (SSSR count). The molecular formula is C16H30N6O3S. The van der Waals surface area contributed by atoms with Gasteiger partial charge in [-0.3, -0.25) is 9.67 Å². The first-order valence-corrected chi connectivity index (χ1v) is 10.7. The van der Waals surface area contributed by atoms with Crippen molar-refractivity contribution in [1.82, 2.24) is 24.7 Å². The van der Waals surface area contributed by atoms with Crippen molar-refractivity contribution in [2.45, 2.75) is 26.4 Å². The molecule has 1 atom stereocenters. The molecule has 0 aromatic carbocycles. The highest BCUT2D eigenvalue weighted by Crippen LogP contribution is 2.21. The van der Waals surface area contributed by atoms with Gasteiger partial charge in [0, 0.05) is 45.0 Å². The first kappa shape index (κ1) is 20.7. The van der Waals surface area contributed by atoms with Crippen LogP contribution < -0.4 is 10.0 Å². The minimum atomic E-state index is -3.14. The van der Waals surface area contributed by atoms with Crippen LogP contribution in [0.25, 0.3) is 0 Å². The van der Waals surface area contributed by atoms with Crippen LogP contribution in [0.5, 0.6) is 0 Å². The Morgan fingerprint density at radius 3 is 2.92 bits per heavy atom. The molecule has 0 bridgehead atoms. The average molecular weight is 387 g/mol. The Labute approximate surface area is 155 Å². The molecule has 0 spiro atoms. The summed E-state index contributed by atoms with van der Waals surface area (Å²) in [5, 5.41) is 7.52. The lowest BCUT2D eigenvalue weighted by Gasteiger charge is -2.34. The highest BCUT2D eigenvalue weighted by Gasteiger charge is 2.25. The molecule has 10 heteroatoms. The smallest absolute Gasteiger partial charge is 0.211 e. The molecule has 2 N–H and O–H groups in total. The van der Waals surface area contributed by atoms with Crippen LogP contribution in [-0.2, 0) is 21.8 Å². The first-order valence-electron chi connectivity index (χ1n) is 9.06. The fourth-order valence-electron chi connectivity index (χ4n) is 2.67. The van der Waals surface area contributed by atoms with Crippen molar-refractivity contribution >= 4 is 16.0 Å². The Morgan fingerprint density at radius 1 is 1.46 bits per heavy atom. The van der Waals surface area contributed by atoms with Crippen molar-refractivity contribution in [3.63, 3.8) is 0 Å².